The van der Waals surface area contributed by atoms with E-state index in [0.29, 0.717) is 16.7 Å². The maximum atomic E-state index is 12.4. The Morgan fingerprint density at radius 1 is 1.04 bits per heavy atom. The molecule has 0 heterocycles. The third-order valence-corrected chi connectivity index (χ3v) is 3.42. The van der Waals surface area contributed by atoms with E-state index in [4.69, 9.17) is 9.47 Å². The maximum Gasteiger partial charge on any atom is 0.422 e. The summed E-state index contributed by atoms with van der Waals surface area (Å²) in [6, 6.07) is 11.4. The number of esters is 1. The largest absolute Gasteiger partial charge is 0.484 e. The first-order chi connectivity index (χ1) is 12.5. The van der Waals surface area contributed by atoms with Gasteiger partial charge in [-0.15, -0.1) is 0 Å². The Morgan fingerprint density at radius 3 is 2.19 bits per heavy atom. The van der Waals surface area contributed by atoms with Crippen LogP contribution < -0.4 is 4.74 Å². The molecule has 0 saturated heterocycles. The SMILES string of the molecule is C=Cc1cc(OCC(F)(F)F)cc(-c2ccc(C(=O)OC(C)(C)C)cc2)c1. The molecule has 0 atom stereocenters. The van der Waals surface area contributed by atoms with Gasteiger partial charge in [0, 0.05) is 0 Å². The molecule has 0 spiro atoms. The summed E-state index contributed by atoms with van der Waals surface area (Å²) in [5.41, 5.74) is 1.80. The average molecular weight is 378 g/mol. The molecule has 0 amide bonds. The second kappa shape index (κ2) is 7.86. The van der Waals surface area contributed by atoms with Crippen LogP contribution in [0.2, 0.25) is 0 Å². The topological polar surface area (TPSA) is 35.5 Å². The van der Waals surface area contributed by atoms with E-state index >= 15 is 0 Å². The van der Waals surface area contributed by atoms with Crippen molar-refractivity contribution in [2.75, 3.05) is 6.61 Å². The quantitative estimate of drug-likeness (QED) is 0.608. The number of hydrogen-bond acceptors (Lipinski definition) is 3. The molecular formula is C21H21F3O3. The van der Waals surface area contributed by atoms with Gasteiger partial charge in [-0.2, -0.15) is 13.2 Å². The lowest BCUT2D eigenvalue weighted by Gasteiger charge is -2.19. The molecule has 27 heavy (non-hydrogen) atoms. The number of hydrogen-bond donors (Lipinski definition) is 0. The van der Waals surface area contributed by atoms with Crippen molar-refractivity contribution >= 4 is 12.0 Å². The summed E-state index contributed by atoms with van der Waals surface area (Å²) in [4.78, 5) is 12.1. The van der Waals surface area contributed by atoms with Crippen LogP contribution in [0, 0.1) is 0 Å². The maximum absolute atomic E-state index is 12.4. The molecule has 0 aliphatic rings. The minimum atomic E-state index is -4.42. The van der Waals surface area contributed by atoms with Gasteiger partial charge in [0.05, 0.1) is 5.56 Å². The zero-order chi connectivity index (χ0) is 20.2. The Bertz CT molecular complexity index is 816. The number of halogens is 3. The lowest BCUT2D eigenvalue weighted by Crippen LogP contribution is -2.23. The number of rotatable bonds is 5. The molecule has 144 valence electrons. The van der Waals surface area contributed by atoms with Gasteiger partial charge in [-0.05, 0) is 67.8 Å². The van der Waals surface area contributed by atoms with Gasteiger partial charge >= 0.3 is 12.1 Å². The fraction of sp³-hybridized carbons (Fsp3) is 0.286. The van der Waals surface area contributed by atoms with Crippen molar-refractivity contribution in [3.63, 3.8) is 0 Å². The first kappa shape index (κ1) is 20.6. The van der Waals surface area contributed by atoms with Crippen LogP contribution in [-0.2, 0) is 4.74 Å². The van der Waals surface area contributed by atoms with Crippen LogP contribution in [0.15, 0.2) is 49.0 Å². The fourth-order valence-electron chi connectivity index (χ4n) is 2.29. The normalized spacial score (nSPS) is 11.8. The van der Waals surface area contributed by atoms with Crippen LogP contribution in [-0.4, -0.2) is 24.4 Å². The Kier molecular flexibility index (Phi) is 5.98. The molecule has 0 bridgehead atoms. The predicted octanol–water partition coefficient (Wildman–Crippen LogP) is 5.89. The lowest BCUT2D eigenvalue weighted by molar-refractivity contribution is -0.153. The molecule has 0 aromatic heterocycles. The van der Waals surface area contributed by atoms with Crippen molar-refractivity contribution < 1.29 is 27.4 Å². The summed E-state index contributed by atoms with van der Waals surface area (Å²) < 4.78 is 47.3. The highest BCUT2D eigenvalue weighted by Crippen LogP contribution is 2.28. The molecule has 3 nitrogen and oxygen atoms in total. The highest BCUT2D eigenvalue weighted by atomic mass is 19.4. The Morgan fingerprint density at radius 2 is 1.67 bits per heavy atom. The summed E-state index contributed by atoms with van der Waals surface area (Å²) in [6.45, 7) is 7.62. The van der Waals surface area contributed by atoms with Gasteiger partial charge in [-0.3, -0.25) is 0 Å². The summed E-state index contributed by atoms with van der Waals surface area (Å²) in [5, 5.41) is 0. The molecule has 0 aliphatic heterocycles. The highest BCUT2D eigenvalue weighted by molar-refractivity contribution is 5.90. The van der Waals surface area contributed by atoms with E-state index in [2.05, 4.69) is 6.58 Å². The van der Waals surface area contributed by atoms with Crippen molar-refractivity contribution in [1.82, 2.24) is 0 Å². The van der Waals surface area contributed by atoms with Crippen molar-refractivity contribution in [2.45, 2.75) is 32.5 Å². The first-order valence-corrected chi connectivity index (χ1v) is 8.28. The molecule has 0 radical (unpaired) electrons. The lowest BCUT2D eigenvalue weighted by atomic mass is 10.0. The number of benzene rings is 2. The van der Waals surface area contributed by atoms with Crippen LogP contribution in [0.4, 0.5) is 13.2 Å². The number of carbonyl (C=O) groups excluding carboxylic acids is 1. The molecule has 2 rings (SSSR count). The van der Waals surface area contributed by atoms with Gasteiger partial charge in [0.25, 0.3) is 0 Å². The third kappa shape index (κ3) is 6.47. The third-order valence-electron chi connectivity index (χ3n) is 3.42. The summed E-state index contributed by atoms with van der Waals surface area (Å²) in [5.74, 6) is -0.348. The zero-order valence-corrected chi connectivity index (χ0v) is 15.4. The fourth-order valence-corrected chi connectivity index (χ4v) is 2.29. The number of alkyl halides is 3. The molecule has 0 N–H and O–H groups in total. The molecular weight excluding hydrogens is 357 g/mol. The average Bonchev–Trinajstić information content (AvgIpc) is 2.57. The number of carbonyl (C=O) groups is 1. The molecule has 2 aromatic rings. The van der Waals surface area contributed by atoms with Gasteiger partial charge < -0.3 is 9.47 Å². The summed E-state index contributed by atoms with van der Waals surface area (Å²) >= 11 is 0. The van der Waals surface area contributed by atoms with Crippen molar-refractivity contribution in [3.05, 3.63) is 60.2 Å². The highest BCUT2D eigenvalue weighted by Gasteiger charge is 2.28. The van der Waals surface area contributed by atoms with E-state index in [0.717, 1.165) is 5.56 Å². The van der Waals surface area contributed by atoms with Crippen LogP contribution in [0.3, 0.4) is 0 Å². The monoisotopic (exact) mass is 378 g/mol. The summed E-state index contributed by atoms with van der Waals surface area (Å²) in [7, 11) is 0. The first-order valence-electron chi connectivity index (χ1n) is 8.28. The molecule has 0 unspecified atom stereocenters. The van der Waals surface area contributed by atoms with Gasteiger partial charge in [0.2, 0.25) is 0 Å². The van der Waals surface area contributed by atoms with E-state index in [1.165, 1.54) is 18.2 Å². The second-order valence-corrected chi connectivity index (χ2v) is 6.98. The zero-order valence-electron chi connectivity index (χ0n) is 15.4. The van der Waals surface area contributed by atoms with Gasteiger partial charge in [0.15, 0.2) is 6.61 Å². The van der Waals surface area contributed by atoms with E-state index in [-0.39, 0.29) is 5.75 Å². The Balaban J connectivity index is 2.26. The molecule has 6 heteroatoms. The van der Waals surface area contributed by atoms with Gasteiger partial charge in [-0.25, -0.2) is 4.79 Å². The van der Waals surface area contributed by atoms with Crippen LogP contribution in [0.5, 0.6) is 5.75 Å². The second-order valence-electron chi connectivity index (χ2n) is 6.98. The molecule has 0 saturated carbocycles. The smallest absolute Gasteiger partial charge is 0.422 e. The molecule has 0 fully saturated rings. The van der Waals surface area contributed by atoms with E-state index in [1.54, 1.807) is 51.1 Å². The van der Waals surface area contributed by atoms with Gasteiger partial charge in [0.1, 0.15) is 11.4 Å². The predicted molar refractivity (Wildman–Crippen MR) is 98.7 cm³/mol. The molecule has 0 aliphatic carbocycles. The van der Waals surface area contributed by atoms with Crippen LogP contribution in [0.25, 0.3) is 17.2 Å². The Labute approximate surface area is 156 Å². The summed E-state index contributed by atoms with van der Waals surface area (Å²) in [6.07, 6.45) is -2.89. The minimum absolute atomic E-state index is 0.0935. The van der Waals surface area contributed by atoms with Crippen molar-refractivity contribution in [3.8, 4) is 16.9 Å². The molecule has 2 aromatic carbocycles. The van der Waals surface area contributed by atoms with Crippen LogP contribution in [0.1, 0.15) is 36.7 Å². The van der Waals surface area contributed by atoms with Gasteiger partial charge in [-0.1, -0.05) is 24.8 Å². The minimum Gasteiger partial charge on any atom is -0.484 e. The van der Waals surface area contributed by atoms with E-state index < -0.39 is 24.4 Å². The van der Waals surface area contributed by atoms with Crippen molar-refractivity contribution in [2.24, 2.45) is 0 Å². The Hall–Kier alpha value is -2.76. The van der Waals surface area contributed by atoms with Crippen LogP contribution >= 0.6 is 0 Å². The standard InChI is InChI=1S/C21H21F3O3/c1-5-14-10-17(12-18(11-14)26-13-21(22,23)24)15-6-8-16(9-7-15)19(25)27-20(2,3)4/h5-12H,1,13H2,2-4H3. The number of ether oxygens (including phenoxy) is 2. The van der Waals surface area contributed by atoms with Crippen molar-refractivity contribution in [1.29, 1.82) is 0 Å². The van der Waals surface area contributed by atoms with E-state index in [1.807, 2.05) is 0 Å². The van der Waals surface area contributed by atoms with E-state index in [9.17, 15) is 18.0 Å².